The van der Waals surface area contributed by atoms with Crippen molar-refractivity contribution in [1.29, 1.82) is 5.26 Å². The average Bonchev–Trinajstić information content (AvgIpc) is 2.45. The van der Waals surface area contributed by atoms with E-state index in [-0.39, 0.29) is 19.0 Å². The highest BCUT2D eigenvalue weighted by molar-refractivity contribution is 5.88. The lowest BCUT2D eigenvalue weighted by molar-refractivity contribution is -0.137. The zero-order valence-corrected chi connectivity index (χ0v) is 11.6. The van der Waals surface area contributed by atoms with E-state index in [2.05, 4.69) is 12.6 Å². The topological polar surface area (TPSA) is 44.1 Å². The first-order valence-electron chi connectivity index (χ1n) is 6.49. The Morgan fingerprint density at radius 3 is 2.36 bits per heavy atom. The largest absolute Gasteiger partial charge is 0.416 e. The Bertz CT molecular complexity index is 647. The van der Waals surface area contributed by atoms with E-state index in [9.17, 15) is 23.2 Å². The predicted molar refractivity (Wildman–Crippen MR) is 75.3 cm³/mol. The molecule has 0 spiro atoms. The summed E-state index contributed by atoms with van der Waals surface area (Å²) in [7, 11) is 0. The van der Waals surface area contributed by atoms with Gasteiger partial charge in [0.2, 0.25) is 5.91 Å². The normalized spacial score (nSPS) is 16.9. The summed E-state index contributed by atoms with van der Waals surface area (Å²) in [5, 5.41) is 9.22. The number of likely N-dealkylation sites (tertiary alicyclic amines) is 1. The Labute approximate surface area is 126 Å². The van der Waals surface area contributed by atoms with Crippen LogP contribution in [0.4, 0.5) is 13.2 Å². The Morgan fingerprint density at radius 2 is 1.91 bits per heavy atom. The van der Waals surface area contributed by atoms with Crippen molar-refractivity contribution in [3.8, 4) is 6.07 Å². The van der Waals surface area contributed by atoms with Crippen molar-refractivity contribution in [3.05, 3.63) is 54.1 Å². The number of nitriles is 1. The van der Waals surface area contributed by atoms with Crippen molar-refractivity contribution in [1.82, 2.24) is 4.90 Å². The zero-order chi connectivity index (χ0) is 16.4. The van der Waals surface area contributed by atoms with E-state index in [1.54, 1.807) is 12.2 Å². The number of amides is 1. The standard InChI is InChI=1S/C16H13F3N2O/c1-2-14(22)21-10-15(9-20,11-21)8-7-12-3-5-13(6-4-12)16(17,18)19/h2-8H,1,10-11H2. The number of nitrogens with zero attached hydrogens (tertiary/aromatic N) is 2. The summed E-state index contributed by atoms with van der Waals surface area (Å²) in [6.45, 7) is 3.89. The van der Waals surface area contributed by atoms with E-state index < -0.39 is 17.2 Å². The average molecular weight is 306 g/mol. The number of benzene rings is 1. The first kappa shape index (κ1) is 15.8. The fourth-order valence-corrected chi connectivity index (χ4v) is 2.17. The fraction of sp³-hybridized carbons (Fsp3) is 0.250. The molecule has 6 heteroatoms. The quantitative estimate of drug-likeness (QED) is 0.805. The summed E-state index contributed by atoms with van der Waals surface area (Å²) in [5.74, 6) is -0.242. The molecule has 1 fully saturated rings. The van der Waals surface area contributed by atoms with Crippen LogP contribution in [0, 0.1) is 16.7 Å². The maximum Gasteiger partial charge on any atom is 0.416 e. The van der Waals surface area contributed by atoms with Crippen LogP contribution in [0.5, 0.6) is 0 Å². The van der Waals surface area contributed by atoms with Crippen LogP contribution in [-0.4, -0.2) is 23.9 Å². The van der Waals surface area contributed by atoms with Gasteiger partial charge in [-0.15, -0.1) is 0 Å². The molecular weight excluding hydrogens is 293 g/mol. The SMILES string of the molecule is C=CC(=O)N1CC(C#N)(C=Cc2ccc(C(F)(F)F)cc2)C1. The van der Waals surface area contributed by atoms with Gasteiger partial charge in [-0.2, -0.15) is 18.4 Å². The molecule has 1 saturated heterocycles. The van der Waals surface area contributed by atoms with Crippen molar-refractivity contribution in [2.45, 2.75) is 6.18 Å². The number of halogens is 3. The molecule has 1 aromatic carbocycles. The van der Waals surface area contributed by atoms with E-state index >= 15 is 0 Å². The van der Waals surface area contributed by atoms with Crippen LogP contribution in [0.2, 0.25) is 0 Å². The first-order chi connectivity index (χ1) is 10.3. The van der Waals surface area contributed by atoms with Crippen LogP contribution < -0.4 is 0 Å². The molecule has 0 N–H and O–H groups in total. The molecule has 0 atom stereocenters. The van der Waals surface area contributed by atoms with Crippen LogP contribution in [0.1, 0.15) is 11.1 Å². The number of hydrogen-bond donors (Lipinski definition) is 0. The van der Waals surface area contributed by atoms with E-state index in [4.69, 9.17) is 0 Å². The van der Waals surface area contributed by atoms with Gasteiger partial charge in [0.15, 0.2) is 0 Å². The number of hydrogen-bond acceptors (Lipinski definition) is 2. The highest BCUT2D eigenvalue weighted by Crippen LogP contribution is 2.33. The van der Waals surface area contributed by atoms with Crippen molar-refractivity contribution in [2.75, 3.05) is 13.1 Å². The lowest BCUT2D eigenvalue weighted by Gasteiger charge is -2.43. The molecule has 1 amide bonds. The molecule has 0 unspecified atom stereocenters. The summed E-state index contributed by atoms with van der Waals surface area (Å²) >= 11 is 0. The van der Waals surface area contributed by atoms with Gasteiger partial charge in [-0.1, -0.05) is 30.9 Å². The Kier molecular flexibility index (Phi) is 4.09. The second-order valence-corrected chi connectivity index (χ2v) is 5.12. The smallest absolute Gasteiger partial charge is 0.335 e. The third-order valence-electron chi connectivity index (χ3n) is 3.49. The highest BCUT2D eigenvalue weighted by atomic mass is 19.4. The summed E-state index contributed by atoms with van der Waals surface area (Å²) in [6, 6.07) is 6.81. The number of carbonyl (C=O) groups is 1. The molecule has 3 nitrogen and oxygen atoms in total. The predicted octanol–water partition coefficient (Wildman–Crippen LogP) is 3.26. The molecular formula is C16H13F3N2O. The minimum atomic E-state index is -4.37. The maximum absolute atomic E-state index is 12.5. The van der Waals surface area contributed by atoms with Crippen LogP contribution in [0.3, 0.4) is 0 Å². The molecule has 0 saturated carbocycles. The van der Waals surface area contributed by atoms with Gasteiger partial charge >= 0.3 is 6.18 Å². The van der Waals surface area contributed by atoms with Gasteiger partial charge in [0.25, 0.3) is 0 Å². The van der Waals surface area contributed by atoms with E-state index in [0.29, 0.717) is 5.56 Å². The van der Waals surface area contributed by atoms with Gasteiger partial charge in [0.1, 0.15) is 5.41 Å². The zero-order valence-electron chi connectivity index (χ0n) is 11.6. The molecule has 0 radical (unpaired) electrons. The van der Waals surface area contributed by atoms with Gasteiger partial charge in [-0.3, -0.25) is 4.79 Å². The summed E-state index contributed by atoms with van der Waals surface area (Å²) in [6.07, 6.45) is 0.0398. The lowest BCUT2D eigenvalue weighted by Crippen LogP contribution is -2.56. The van der Waals surface area contributed by atoms with Gasteiger partial charge in [0, 0.05) is 13.1 Å². The number of carbonyl (C=O) groups excluding carboxylic acids is 1. The maximum atomic E-state index is 12.5. The molecule has 1 aromatic rings. The Hall–Kier alpha value is -2.55. The van der Waals surface area contributed by atoms with Crippen LogP contribution in [0.25, 0.3) is 6.08 Å². The van der Waals surface area contributed by atoms with Gasteiger partial charge in [0.05, 0.1) is 11.6 Å². The monoisotopic (exact) mass is 306 g/mol. The second-order valence-electron chi connectivity index (χ2n) is 5.12. The molecule has 2 rings (SSSR count). The minimum Gasteiger partial charge on any atom is -0.335 e. The third-order valence-corrected chi connectivity index (χ3v) is 3.49. The van der Waals surface area contributed by atoms with Crippen molar-refractivity contribution >= 4 is 12.0 Å². The highest BCUT2D eigenvalue weighted by Gasteiger charge is 2.42. The van der Waals surface area contributed by atoms with E-state index in [1.807, 2.05) is 0 Å². The van der Waals surface area contributed by atoms with Crippen molar-refractivity contribution in [2.24, 2.45) is 5.41 Å². The second kappa shape index (κ2) is 5.68. The molecule has 114 valence electrons. The van der Waals surface area contributed by atoms with Crippen molar-refractivity contribution < 1.29 is 18.0 Å². The van der Waals surface area contributed by atoms with Crippen LogP contribution in [-0.2, 0) is 11.0 Å². The Balaban J connectivity index is 2.07. The molecule has 0 bridgehead atoms. The molecule has 1 aliphatic rings. The summed E-state index contributed by atoms with van der Waals surface area (Å²) < 4.78 is 37.4. The van der Waals surface area contributed by atoms with Gasteiger partial charge in [-0.25, -0.2) is 0 Å². The van der Waals surface area contributed by atoms with Gasteiger partial charge in [-0.05, 0) is 23.8 Å². The number of rotatable bonds is 3. The molecule has 22 heavy (non-hydrogen) atoms. The van der Waals surface area contributed by atoms with E-state index in [1.165, 1.54) is 23.1 Å². The van der Waals surface area contributed by atoms with E-state index in [0.717, 1.165) is 12.1 Å². The molecule has 0 aliphatic carbocycles. The van der Waals surface area contributed by atoms with Crippen molar-refractivity contribution in [3.63, 3.8) is 0 Å². The molecule has 0 aromatic heterocycles. The molecule has 1 heterocycles. The van der Waals surface area contributed by atoms with Crippen LogP contribution >= 0.6 is 0 Å². The Morgan fingerprint density at radius 1 is 1.32 bits per heavy atom. The van der Waals surface area contributed by atoms with Crippen LogP contribution in [0.15, 0.2) is 43.0 Å². The summed E-state index contributed by atoms with van der Waals surface area (Å²) in [5.41, 5.74) is -0.941. The lowest BCUT2D eigenvalue weighted by atomic mass is 9.80. The fourth-order valence-electron chi connectivity index (χ4n) is 2.17. The molecule has 1 aliphatic heterocycles. The first-order valence-corrected chi connectivity index (χ1v) is 6.49. The number of alkyl halides is 3. The summed E-state index contributed by atoms with van der Waals surface area (Å²) in [4.78, 5) is 12.9. The van der Waals surface area contributed by atoms with Gasteiger partial charge < -0.3 is 4.90 Å². The third kappa shape index (κ3) is 3.19. The minimum absolute atomic E-state index is 0.242.